The largest absolute Gasteiger partial charge is 0.433 e. The number of hydrogen-bond donors (Lipinski definition) is 0. The normalized spacial score (nSPS) is 11.8. The summed E-state index contributed by atoms with van der Waals surface area (Å²) in [7, 11) is 0. The fourth-order valence-corrected chi connectivity index (χ4v) is 2.41. The Morgan fingerprint density at radius 1 is 1.16 bits per heavy atom. The molecule has 2 nitrogen and oxygen atoms in total. The molecule has 0 atom stereocenters. The molecule has 102 valence electrons. The monoisotopic (exact) mass is 396 g/mol. The van der Waals surface area contributed by atoms with E-state index in [0.717, 1.165) is 14.7 Å². The van der Waals surface area contributed by atoms with Crippen LogP contribution in [0.3, 0.4) is 0 Å². The second kappa shape index (κ2) is 5.66. The topological polar surface area (TPSA) is 17.8 Å². The standard InChI is InChI=1S/C12H9Br2F3N2/c13-5-9-6-18-19(11(9)12(15,16)17)7-8-1-3-10(14)4-2-8/h1-4,6H,5,7H2. The first-order chi connectivity index (χ1) is 8.91. The Morgan fingerprint density at radius 3 is 2.32 bits per heavy atom. The molecule has 0 radical (unpaired) electrons. The lowest BCUT2D eigenvalue weighted by Gasteiger charge is -2.12. The van der Waals surface area contributed by atoms with E-state index in [0.29, 0.717) is 0 Å². The number of aromatic nitrogens is 2. The van der Waals surface area contributed by atoms with Gasteiger partial charge in [0.2, 0.25) is 0 Å². The van der Waals surface area contributed by atoms with E-state index in [1.165, 1.54) is 6.20 Å². The van der Waals surface area contributed by atoms with Gasteiger partial charge in [0.1, 0.15) is 5.69 Å². The van der Waals surface area contributed by atoms with Crippen LogP contribution in [-0.4, -0.2) is 9.78 Å². The van der Waals surface area contributed by atoms with Crippen LogP contribution < -0.4 is 0 Å². The number of nitrogens with zero attached hydrogens (tertiary/aromatic N) is 2. The molecular formula is C12H9Br2F3N2. The average molecular weight is 398 g/mol. The van der Waals surface area contributed by atoms with Gasteiger partial charge < -0.3 is 0 Å². The summed E-state index contributed by atoms with van der Waals surface area (Å²) in [5, 5.41) is 3.95. The van der Waals surface area contributed by atoms with Crippen molar-refractivity contribution >= 4 is 31.9 Å². The Hall–Kier alpha value is -0.820. The maximum Gasteiger partial charge on any atom is 0.433 e. The van der Waals surface area contributed by atoms with E-state index in [1.807, 2.05) is 0 Å². The first kappa shape index (κ1) is 14.6. The zero-order chi connectivity index (χ0) is 14.0. The first-order valence-corrected chi connectivity index (χ1v) is 7.25. The van der Waals surface area contributed by atoms with E-state index in [4.69, 9.17) is 0 Å². The summed E-state index contributed by atoms with van der Waals surface area (Å²) in [5.41, 5.74) is 0.204. The molecule has 0 fully saturated rings. The van der Waals surface area contributed by atoms with E-state index in [-0.39, 0.29) is 17.4 Å². The highest BCUT2D eigenvalue weighted by molar-refractivity contribution is 9.10. The zero-order valence-electron chi connectivity index (χ0n) is 9.59. The molecular weight excluding hydrogens is 389 g/mol. The van der Waals surface area contributed by atoms with Crippen molar-refractivity contribution in [2.45, 2.75) is 18.1 Å². The number of halogens is 5. The van der Waals surface area contributed by atoms with Crippen LogP contribution in [0.4, 0.5) is 13.2 Å². The number of alkyl halides is 4. The lowest BCUT2D eigenvalue weighted by atomic mass is 10.2. The van der Waals surface area contributed by atoms with Gasteiger partial charge in [0.25, 0.3) is 0 Å². The van der Waals surface area contributed by atoms with Gasteiger partial charge in [-0.1, -0.05) is 44.0 Å². The summed E-state index contributed by atoms with van der Waals surface area (Å²) in [6.45, 7) is 0.0924. The minimum Gasteiger partial charge on any atom is -0.256 e. The van der Waals surface area contributed by atoms with Crippen molar-refractivity contribution < 1.29 is 13.2 Å². The van der Waals surface area contributed by atoms with Gasteiger partial charge in [0, 0.05) is 15.4 Å². The SMILES string of the molecule is FC(F)(F)c1c(CBr)cnn1Cc1ccc(Br)cc1. The molecule has 0 amide bonds. The van der Waals surface area contributed by atoms with Crippen LogP contribution in [0.25, 0.3) is 0 Å². The summed E-state index contributed by atoms with van der Waals surface area (Å²) in [6.07, 6.45) is -3.16. The fraction of sp³-hybridized carbons (Fsp3) is 0.250. The van der Waals surface area contributed by atoms with Crippen molar-refractivity contribution in [1.82, 2.24) is 9.78 Å². The first-order valence-electron chi connectivity index (χ1n) is 5.34. The maximum absolute atomic E-state index is 13.0. The molecule has 1 aromatic heterocycles. The maximum atomic E-state index is 13.0. The van der Waals surface area contributed by atoms with Crippen molar-refractivity contribution in [1.29, 1.82) is 0 Å². The predicted octanol–water partition coefficient (Wildman–Crippen LogP) is 4.61. The molecule has 0 unspecified atom stereocenters. The van der Waals surface area contributed by atoms with Gasteiger partial charge in [0.05, 0.1) is 12.7 Å². The van der Waals surface area contributed by atoms with E-state index in [9.17, 15) is 13.2 Å². The van der Waals surface area contributed by atoms with Gasteiger partial charge in [-0.15, -0.1) is 0 Å². The number of benzene rings is 1. The molecule has 0 saturated heterocycles. The number of hydrogen-bond acceptors (Lipinski definition) is 1. The minimum atomic E-state index is -4.41. The molecule has 2 aromatic rings. The zero-order valence-corrected chi connectivity index (χ0v) is 12.8. The molecule has 0 bridgehead atoms. The van der Waals surface area contributed by atoms with E-state index in [2.05, 4.69) is 37.0 Å². The highest BCUT2D eigenvalue weighted by Crippen LogP contribution is 2.33. The van der Waals surface area contributed by atoms with Crippen molar-refractivity contribution in [2.24, 2.45) is 0 Å². The Balaban J connectivity index is 2.35. The molecule has 0 N–H and O–H groups in total. The quantitative estimate of drug-likeness (QED) is 0.691. The van der Waals surface area contributed by atoms with Crippen LogP contribution in [0, 0.1) is 0 Å². The van der Waals surface area contributed by atoms with E-state index < -0.39 is 11.9 Å². The third-order valence-corrected chi connectivity index (χ3v) is 3.71. The summed E-state index contributed by atoms with van der Waals surface area (Å²) in [6, 6.07) is 7.11. The third kappa shape index (κ3) is 3.39. The molecule has 2 rings (SSSR count). The Bertz CT molecular complexity index is 561. The summed E-state index contributed by atoms with van der Waals surface area (Å²) < 4.78 is 40.9. The smallest absolute Gasteiger partial charge is 0.256 e. The molecule has 0 saturated carbocycles. The molecule has 0 aliphatic rings. The van der Waals surface area contributed by atoms with Gasteiger partial charge >= 0.3 is 6.18 Å². The molecule has 19 heavy (non-hydrogen) atoms. The Kier molecular flexibility index (Phi) is 4.35. The van der Waals surface area contributed by atoms with Crippen LogP contribution in [0.5, 0.6) is 0 Å². The number of rotatable bonds is 3. The van der Waals surface area contributed by atoms with E-state index in [1.54, 1.807) is 24.3 Å². The Morgan fingerprint density at radius 2 is 1.79 bits per heavy atom. The van der Waals surface area contributed by atoms with Gasteiger partial charge in [-0.3, -0.25) is 4.68 Å². The van der Waals surface area contributed by atoms with Crippen LogP contribution >= 0.6 is 31.9 Å². The second-order valence-corrected chi connectivity index (χ2v) is 5.41. The Labute approximate surface area is 124 Å². The molecule has 0 aliphatic heterocycles. The molecule has 1 aromatic carbocycles. The predicted molar refractivity (Wildman–Crippen MR) is 73.1 cm³/mol. The van der Waals surface area contributed by atoms with Crippen molar-refractivity contribution in [2.75, 3.05) is 0 Å². The fourth-order valence-electron chi connectivity index (χ4n) is 1.73. The van der Waals surface area contributed by atoms with Crippen molar-refractivity contribution in [3.8, 4) is 0 Å². The minimum absolute atomic E-state index is 0.0924. The summed E-state index contributed by atoms with van der Waals surface area (Å²) >= 11 is 6.33. The van der Waals surface area contributed by atoms with Crippen molar-refractivity contribution in [3.05, 3.63) is 51.8 Å². The molecule has 7 heteroatoms. The highest BCUT2D eigenvalue weighted by atomic mass is 79.9. The third-order valence-electron chi connectivity index (χ3n) is 2.57. The van der Waals surface area contributed by atoms with Gasteiger partial charge in [-0.05, 0) is 17.7 Å². The van der Waals surface area contributed by atoms with Gasteiger partial charge in [-0.2, -0.15) is 18.3 Å². The molecule has 0 spiro atoms. The van der Waals surface area contributed by atoms with E-state index >= 15 is 0 Å². The average Bonchev–Trinajstić information content (AvgIpc) is 2.75. The lowest BCUT2D eigenvalue weighted by molar-refractivity contribution is -0.144. The van der Waals surface area contributed by atoms with Gasteiger partial charge in [-0.25, -0.2) is 0 Å². The molecule has 0 aliphatic carbocycles. The highest BCUT2D eigenvalue weighted by Gasteiger charge is 2.37. The van der Waals surface area contributed by atoms with Crippen LogP contribution in [-0.2, 0) is 18.1 Å². The summed E-state index contributed by atoms with van der Waals surface area (Å²) in [4.78, 5) is 0. The van der Waals surface area contributed by atoms with Crippen molar-refractivity contribution in [3.63, 3.8) is 0 Å². The summed E-state index contributed by atoms with van der Waals surface area (Å²) in [5.74, 6) is 0. The molecule has 1 heterocycles. The van der Waals surface area contributed by atoms with Crippen LogP contribution in [0.2, 0.25) is 0 Å². The van der Waals surface area contributed by atoms with Gasteiger partial charge in [0.15, 0.2) is 0 Å². The second-order valence-electron chi connectivity index (χ2n) is 3.93. The van der Waals surface area contributed by atoms with Crippen LogP contribution in [0.1, 0.15) is 16.8 Å². The lowest BCUT2D eigenvalue weighted by Crippen LogP contribution is -2.17. The van der Waals surface area contributed by atoms with Crippen LogP contribution in [0.15, 0.2) is 34.9 Å².